The summed E-state index contributed by atoms with van der Waals surface area (Å²) in [5, 5.41) is 8.87. The lowest BCUT2D eigenvalue weighted by molar-refractivity contribution is 0.0927. The van der Waals surface area contributed by atoms with Gasteiger partial charge < -0.3 is 5.11 Å². The average molecular weight is 263 g/mol. The van der Waals surface area contributed by atoms with E-state index in [0.717, 1.165) is 29.8 Å². The molecule has 0 fully saturated rings. The molecule has 0 aliphatic carbocycles. The summed E-state index contributed by atoms with van der Waals surface area (Å²) in [4.78, 5) is 14.5. The largest absolute Gasteiger partial charge is 0.396 e. The number of rotatable bonds is 7. The minimum atomic E-state index is 0.174. The van der Waals surface area contributed by atoms with Gasteiger partial charge in [-0.2, -0.15) is 0 Å². The molecule has 0 saturated carbocycles. The number of likely N-dealkylation sites (N-methyl/N-ethyl adjacent to an activating group) is 1. The molecule has 0 aromatic heterocycles. The van der Waals surface area contributed by atoms with Crippen LogP contribution in [0.2, 0.25) is 0 Å². The number of benzene rings is 1. The van der Waals surface area contributed by atoms with Crippen LogP contribution in [0.4, 0.5) is 0 Å². The molecule has 19 heavy (non-hydrogen) atoms. The second-order valence-corrected chi connectivity index (χ2v) is 5.14. The Morgan fingerprint density at radius 3 is 2.26 bits per heavy atom. The standard InChI is InChI=1S/C16H25NO2/c1-5-17(7-6-8-18)11-15(19)16-13(3)9-12(2)10-14(16)4/h9-10,18H,5-8,11H2,1-4H3. The van der Waals surface area contributed by atoms with Crippen LogP contribution in [-0.4, -0.2) is 42.0 Å². The lowest BCUT2D eigenvalue weighted by Crippen LogP contribution is -2.31. The lowest BCUT2D eigenvalue weighted by atomic mass is 9.96. The number of aryl methyl sites for hydroxylation is 3. The molecule has 106 valence electrons. The Labute approximate surface area is 116 Å². The van der Waals surface area contributed by atoms with Crippen molar-refractivity contribution in [2.24, 2.45) is 0 Å². The van der Waals surface area contributed by atoms with E-state index in [-0.39, 0.29) is 12.4 Å². The number of hydrogen-bond donors (Lipinski definition) is 1. The molecule has 0 unspecified atom stereocenters. The Morgan fingerprint density at radius 1 is 1.21 bits per heavy atom. The van der Waals surface area contributed by atoms with Crippen LogP contribution in [0, 0.1) is 20.8 Å². The zero-order valence-electron chi connectivity index (χ0n) is 12.5. The molecule has 0 aliphatic heterocycles. The Hall–Kier alpha value is -1.19. The zero-order valence-corrected chi connectivity index (χ0v) is 12.5. The van der Waals surface area contributed by atoms with Gasteiger partial charge in [-0.1, -0.05) is 24.6 Å². The monoisotopic (exact) mass is 263 g/mol. The molecular weight excluding hydrogens is 238 g/mol. The summed E-state index contributed by atoms with van der Waals surface area (Å²) in [6.07, 6.45) is 0.715. The molecule has 1 N–H and O–H groups in total. The van der Waals surface area contributed by atoms with E-state index in [1.54, 1.807) is 0 Å². The molecule has 0 radical (unpaired) electrons. The number of ketones is 1. The first-order valence-electron chi connectivity index (χ1n) is 6.93. The van der Waals surface area contributed by atoms with E-state index in [9.17, 15) is 4.79 Å². The highest BCUT2D eigenvalue weighted by Crippen LogP contribution is 2.17. The SMILES string of the molecule is CCN(CCCO)CC(=O)c1c(C)cc(C)cc1C. The number of nitrogens with zero attached hydrogens (tertiary/aromatic N) is 1. The van der Waals surface area contributed by atoms with Gasteiger partial charge in [0.05, 0.1) is 6.54 Å². The van der Waals surface area contributed by atoms with Crippen LogP contribution in [-0.2, 0) is 0 Å². The molecule has 3 heteroatoms. The summed E-state index contributed by atoms with van der Waals surface area (Å²) in [6, 6.07) is 4.12. The van der Waals surface area contributed by atoms with Crippen LogP contribution < -0.4 is 0 Å². The fourth-order valence-electron chi connectivity index (χ4n) is 2.55. The minimum Gasteiger partial charge on any atom is -0.396 e. The van der Waals surface area contributed by atoms with Gasteiger partial charge in [0.25, 0.3) is 0 Å². The Balaban J connectivity index is 2.83. The Morgan fingerprint density at radius 2 is 1.79 bits per heavy atom. The van der Waals surface area contributed by atoms with Gasteiger partial charge >= 0.3 is 0 Å². The van der Waals surface area contributed by atoms with Crippen molar-refractivity contribution in [1.29, 1.82) is 0 Å². The highest BCUT2D eigenvalue weighted by atomic mass is 16.3. The number of carbonyl (C=O) groups excluding carboxylic acids is 1. The molecule has 0 saturated heterocycles. The van der Waals surface area contributed by atoms with E-state index in [4.69, 9.17) is 5.11 Å². The van der Waals surface area contributed by atoms with Crippen molar-refractivity contribution in [3.63, 3.8) is 0 Å². The Bertz CT molecular complexity index is 417. The van der Waals surface area contributed by atoms with Gasteiger partial charge in [0.15, 0.2) is 5.78 Å². The summed E-state index contributed by atoms with van der Waals surface area (Å²) in [6.45, 7) is 10.3. The van der Waals surface area contributed by atoms with Gasteiger partial charge in [0.1, 0.15) is 0 Å². The number of Topliss-reactive ketones (excluding diaryl/α,β-unsaturated/α-hetero) is 1. The van der Waals surface area contributed by atoms with E-state index in [0.29, 0.717) is 13.0 Å². The summed E-state index contributed by atoms with van der Waals surface area (Å²) >= 11 is 0. The summed E-state index contributed by atoms with van der Waals surface area (Å²) < 4.78 is 0. The third-order valence-corrected chi connectivity index (χ3v) is 3.40. The first-order chi connectivity index (χ1) is 8.99. The molecule has 1 aromatic carbocycles. The van der Waals surface area contributed by atoms with Gasteiger partial charge in [-0.15, -0.1) is 0 Å². The molecule has 1 aromatic rings. The highest BCUT2D eigenvalue weighted by Gasteiger charge is 2.15. The van der Waals surface area contributed by atoms with Crippen LogP contribution in [0.15, 0.2) is 12.1 Å². The van der Waals surface area contributed by atoms with Gasteiger partial charge in [0, 0.05) is 18.7 Å². The van der Waals surface area contributed by atoms with Gasteiger partial charge in [0.2, 0.25) is 0 Å². The molecule has 0 atom stereocenters. The molecule has 0 spiro atoms. The zero-order chi connectivity index (χ0) is 14.4. The number of aliphatic hydroxyl groups is 1. The second-order valence-electron chi connectivity index (χ2n) is 5.14. The highest BCUT2D eigenvalue weighted by molar-refractivity contribution is 6.00. The van der Waals surface area contributed by atoms with Crippen molar-refractivity contribution in [3.05, 3.63) is 34.4 Å². The number of carbonyl (C=O) groups is 1. The van der Waals surface area contributed by atoms with Crippen LogP contribution in [0.5, 0.6) is 0 Å². The summed E-state index contributed by atoms with van der Waals surface area (Å²) in [5.74, 6) is 0.176. The molecule has 0 aliphatic rings. The maximum absolute atomic E-state index is 12.4. The lowest BCUT2D eigenvalue weighted by Gasteiger charge is -2.20. The third kappa shape index (κ3) is 4.44. The minimum absolute atomic E-state index is 0.174. The molecule has 3 nitrogen and oxygen atoms in total. The molecule has 1 rings (SSSR count). The number of hydrogen-bond acceptors (Lipinski definition) is 3. The van der Waals surface area contributed by atoms with E-state index >= 15 is 0 Å². The fraction of sp³-hybridized carbons (Fsp3) is 0.562. The third-order valence-electron chi connectivity index (χ3n) is 3.40. The van der Waals surface area contributed by atoms with Gasteiger partial charge in [-0.25, -0.2) is 0 Å². The first kappa shape index (κ1) is 15.9. The molecule has 0 bridgehead atoms. The fourth-order valence-corrected chi connectivity index (χ4v) is 2.55. The predicted octanol–water partition coefficient (Wildman–Crippen LogP) is 2.50. The van der Waals surface area contributed by atoms with Gasteiger partial charge in [-0.05, 0) is 44.9 Å². The smallest absolute Gasteiger partial charge is 0.177 e. The van der Waals surface area contributed by atoms with Crippen molar-refractivity contribution < 1.29 is 9.90 Å². The second kappa shape index (κ2) is 7.41. The van der Waals surface area contributed by atoms with E-state index in [2.05, 4.69) is 17.0 Å². The summed E-state index contributed by atoms with van der Waals surface area (Å²) in [7, 11) is 0. The maximum Gasteiger partial charge on any atom is 0.177 e. The summed E-state index contributed by atoms with van der Waals surface area (Å²) in [5.41, 5.74) is 4.16. The van der Waals surface area contributed by atoms with Crippen molar-refractivity contribution in [2.75, 3.05) is 26.2 Å². The van der Waals surface area contributed by atoms with Gasteiger partial charge in [-0.3, -0.25) is 9.69 Å². The van der Waals surface area contributed by atoms with E-state index in [1.807, 2.05) is 27.7 Å². The van der Waals surface area contributed by atoms with Crippen LogP contribution in [0.1, 0.15) is 40.4 Å². The molecule has 0 heterocycles. The maximum atomic E-state index is 12.4. The van der Waals surface area contributed by atoms with Crippen LogP contribution in [0.25, 0.3) is 0 Å². The molecular formula is C16H25NO2. The van der Waals surface area contributed by atoms with E-state index in [1.165, 1.54) is 5.56 Å². The van der Waals surface area contributed by atoms with Crippen LogP contribution >= 0.6 is 0 Å². The molecule has 0 amide bonds. The number of aliphatic hydroxyl groups excluding tert-OH is 1. The normalized spacial score (nSPS) is 11.1. The van der Waals surface area contributed by atoms with E-state index < -0.39 is 0 Å². The van der Waals surface area contributed by atoms with Crippen molar-refractivity contribution >= 4 is 5.78 Å². The van der Waals surface area contributed by atoms with Crippen molar-refractivity contribution in [3.8, 4) is 0 Å². The van der Waals surface area contributed by atoms with Crippen molar-refractivity contribution in [1.82, 2.24) is 4.90 Å². The Kier molecular flexibility index (Phi) is 6.19. The first-order valence-corrected chi connectivity index (χ1v) is 6.93. The quantitative estimate of drug-likeness (QED) is 0.768. The predicted molar refractivity (Wildman–Crippen MR) is 78.8 cm³/mol. The van der Waals surface area contributed by atoms with Crippen molar-refractivity contribution in [2.45, 2.75) is 34.1 Å². The van der Waals surface area contributed by atoms with Crippen LogP contribution in [0.3, 0.4) is 0 Å². The topological polar surface area (TPSA) is 40.5 Å². The average Bonchev–Trinajstić information content (AvgIpc) is 2.33.